The Bertz CT molecular complexity index is 186. The molecule has 2 rings (SSSR count). The van der Waals surface area contributed by atoms with E-state index >= 15 is 0 Å². The van der Waals surface area contributed by atoms with Gasteiger partial charge in [0.05, 0.1) is 0 Å². The monoisotopic (exact) mass is 181 g/mol. The van der Waals surface area contributed by atoms with Crippen molar-refractivity contribution in [3.8, 4) is 0 Å². The van der Waals surface area contributed by atoms with Gasteiger partial charge in [-0.2, -0.15) is 0 Å². The number of nitrogens with one attached hydrogen (secondary N) is 1. The fourth-order valence-electron chi connectivity index (χ4n) is 3.54. The minimum Gasteiger partial charge on any atom is -0.309 e. The van der Waals surface area contributed by atoms with Gasteiger partial charge in [0.25, 0.3) is 0 Å². The molecule has 1 aliphatic heterocycles. The Hall–Kier alpha value is -0.0400. The van der Waals surface area contributed by atoms with Gasteiger partial charge in [-0.3, -0.25) is 0 Å². The Balaban J connectivity index is 2.07. The SMILES string of the molecule is CC1CC(C)(C)NC2CCCCC12. The van der Waals surface area contributed by atoms with Crippen LogP contribution in [0.3, 0.4) is 0 Å². The summed E-state index contributed by atoms with van der Waals surface area (Å²) in [5, 5.41) is 3.83. The second-order valence-corrected chi connectivity index (χ2v) is 5.76. The summed E-state index contributed by atoms with van der Waals surface area (Å²) in [7, 11) is 0. The first kappa shape index (κ1) is 9.51. The number of piperidine rings is 1. The second-order valence-electron chi connectivity index (χ2n) is 5.76. The van der Waals surface area contributed by atoms with Crippen molar-refractivity contribution in [3.63, 3.8) is 0 Å². The van der Waals surface area contributed by atoms with Crippen molar-refractivity contribution >= 4 is 0 Å². The highest BCUT2D eigenvalue weighted by Crippen LogP contribution is 2.39. The molecule has 1 saturated carbocycles. The van der Waals surface area contributed by atoms with Crippen molar-refractivity contribution in [3.05, 3.63) is 0 Å². The number of rotatable bonds is 0. The topological polar surface area (TPSA) is 12.0 Å². The van der Waals surface area contributed by atoms with Gasteiger partial charge in [-0.05, 0) is 44.9 Å². The normalized spacial score (nSPS) is 44.1. The lowest BCUT2D eigenvalue weighted by Gasteiger charge is -2.48. The lowest BCUT2D eigenvalue weighted by molar-refractivity contribution is 0.0836. The van der Waals surface area contributed by atoms with Gasteiger partial charge in [0.2, 0.25) is 0 Å². The zero-order valence-corrected chi connectivity index (χ0v) is 9.27. The molecule has 0 aromatic heterocycles. The average Bonchev–Trinajstić information content (AvgIpc) is 2.02. The van der Waals surface area contributed by atoms with Crippen LogP contribution in [0.15, 0.2) is 0 Å². The van der Waals surface area contributed by atoms with Gasteiger partial charge in [-0.25, -0.2) is 0 Å². The lowest BCUT2D eigenvalue weighted by Crippen LogP contribution is -2.57. The molecule has 0 radical (unpaired) electrons. The van der Waals surface area contributed by atoms with Gasteiger partial charge >= 0.3 is 0 Å². The molecule has 3 unspecified atom stereocenters. The van der Waals surface area contributed by atoms with Crippen molar-refractivity contribution in [1.82, 2.24) is 5.32 Å². The highest BCUT2D eigenvalue weighted by atomic mass is 15.0. The molecule has 3 atom stereocenters. The Morgan fingerprint density at radius 2 is 1.85 bits per heavy atom. The van der Waals surface area contributed by atoms with E-state index in [4.69, 9.17) is 0 Å². The van der Waals surface area contributed by atoms with Crippen LogP contribution in [0.25, 0.3) is 0 Å². The average molecular weight is 181 g/mol. The predicted octanol–water partition coefficient (Wildman–Crippen LogP) is 2.95. The molecule has 1 aliphatic carbocycles. The quantitative estimate of drug-likeness (QED) is 0.606. The lowest BCUT2D eigenvalue weighted by atomic mass is 9.69. The molecule has 2 fully saturated rings. The van der Waals surface area contributed by atoms with E-state index in [0.29, 0.717) is 5.54 Å². The van der Waals surface area contributed by atoms with E-state index in [1.165, 1.54) is 32.1 Å². The van der Waals surface area contributed by atoms with E-state index in [2.05, 4.69) is 26.1 Å². The summed E-state index contributed by atoms with van der Waals surface area (Å²) in [5.41, 5.74) is 0.387. The molecule has 1 heterocycles. The summed E-state index contributed by atoms with van der Waals surface area (Å²) >= 11 is 0. The zero-order chi connectivity index (χ0) is 9.47. The summed E-state index contributed by atoms with van der Waals surface area (Å²) in [6.45, 7) is 7.16. The van der Waals surface area contributed by atoms with Gasteiger partial charge in [-0.1, -0.05) is 19.8 Å². The number of hydrogen-bond donors (Lipinski definition) is 1. The fraction of sp³-hybridized carbons (Fsp3) is 1.00. The first-order valence-electron chi connectivity index (χ1n) is 5.86. The Morgan fingerprint density at radius 3 is 2.62 bits per heavy atom. The molecular formula is C12H23N. The third kappa shape index (κ3) is 1.90. The number of fused-ring (bicyclic) bond motifs is 1. The van der Waals surface area contributed by atoms with Crippen LogP contribution in [0.4, 0.5) is 0 Å². The largest absolute Gasteiger partial charge is 0.309 e. The molecule has 0 aromatic rings. The van der Waals surface area contributed by atoms with Crippen molar-refractivity contribution < 1.29 is 0 Å². The van der Waals surface area contributed by atoms with E-state index < -0.39 is 0 Å². The van der Waals surface area contributed by atoms with Gasteiger partial charge < -0.3 is 5.32 Å². The molecule has 1 nitrogen and oxygen atoms in total. The molecule has 2 aliphatic rings. The van der Waals surface area contributed by atoms with Gasteiger partial charge in [-0.15, -0.1) is 0 Å². The zero-order valence-electron chi connectivity index (χ0n) is 9.27. The van der Waals surface area contributed by atoms with Crippen molar-refractivity contribution in [2.75, 3.05) is 0 Å². The summed E-state index contributed by atoms with van der Waals surface area (Å²) < 4.78 is 0. The second kappa shape index (κ2) is 3.27. The molecular weight excluding hydrogens is 158 g/mol. The molecule has 1 N–H and O–H groups in total. The molecule has 0 spiro atoms. The third-order valence-corrected chi connectivity index (χ3v) is 3.96. The summed E-state index contributed by atoms with van der Waals surface area (Å²) in [4.78, 5) is 0. The van der Waals surface area contributed by atoms with Crippen LogP contribution >= 0.6 is 0 Å². The maximum absolute atomic E-state index is 3.83. The van der Waals surface area contributed by atoms with Crippen molar-refractivity contribution in [2.24, 2.45) is 11.8 Å². The van der Waals surface area contributed by atoms with E-state index in [0.717, 1.165) is 17.9 Å². The van der Waals surface area contributed by atoms with Crippen molar-refractivity contribution in [2.45, 2.75) is 64.5 Å². The Kier molecular flexibility index (Phi) is 2.39. The molecule has 1 heteroatoms. The number of hydrogen-bond acceptors (Lipinski definition) is 1. The molecule has 1 saturated heterocycles. The molecule has 0 bridgehead atoms. The van der Waals surface area contributed by atoms with Crippen LogP contribution in [0.5, 0.6) is 0 Å². The van der Waals surface area contributed by atoms with E-state index in [9.17, 15) is 0 Å². The van der Waals surface area contributed by atoms with Crippen LogP contribution in [0, 0.1) is 11.8 Å². The fourth-order valence-corrected chi connectivity index (χ4v) is 3.54. The summed E-state index contributed by atoms with van der Waals surface area (Å²) in [6.07, 6.45) is 7.14. The predicted molar refractivity (Wildman–Crippen MR) is 56.7 cm³/mol. The smallest absolute Gasteiger partial charge is 0.0130 e. The molecule has 0 amide bonds. The van der Waals surface area contributed by atoms with Crippen LogP contribution < -0.4 is 5.32 Å². The van der Waals surface area contributed by atoms with Gasteiger partial charge in [0.1, 0.15) is 0 Å². The maximum Gasteiger partial charge on any atom is 0.0130 e. The Labute approximate surface area is 82.3 Å². The standard InChI is InChI=1S/C12H23N/c1-9-8-12(2,3)13-11-7-5-4-6-10(9)11/h9-11,13H,4-8H2,1-3H3. The van der Waals surface area contributed by atoms with E-state index in [1.54, 1.807) is 0 Å². The van der Waals surface area contributed by atoms with Crippen LogP contribution in [-0.4, -0.2) is 11.6 Å². The third-order valence-electron chi connectivity index (χ3n) is 3.96. The maximum atomic E-state index is 3.83. The first-order valence-corrected chi connectivity index (χ1v) is 5.86. The minimum absolute atomic E-state index is 0.387. The molecule has 13 heavy (non-hydrogen) atoms. The molecule has 0 aromatic carbocycles. The van der Waals surface area contributed by atoms with E-state index in [1.807, 2.05) is 0 Å². The first-order chi connectivity index (χ1) is 6.08. The highest BCUT2D eigenvalue weighted by Gasteiger charge is 2.39. The minimum atomic E-state index is 0.387. The van der Waals surface area contributed by atoms with Crippen LogP contribution in [0.2, 0.25) is 0 Å². The van der Waals surface area contributed by atoms with Crippen LogP contribution in [0.1, 0.15) is 52.9 Å². The van der Waals surface area contributed by atoms with Crippen molar-refractivity contribution in [1.29, 1.82) is 0 Å². The summed E-state index contributed by atoms with van der Waals surface area (Å²) in [5.74, 6) is 1.91. The van der Waals surface area contributed by atoms with Gasteiger partial charge in [0, 0.05) is 11.6 Å². The summed E-state index contributed by atoms with van der Waals surface area (Å²) in [6, 6.07) is 0.826. The van der Waals surface area contributed by atoms with Crippen LogP contribution in [-0.2, 0) is 0 Å². The van der Waals surface area contributed by atoms with Gasteiger partial charge in [0.15, 0.2) is 0 Å². The van der Waals surface area contributed by atoms with E-state index in [-0.39, 0.29) is 0 Å². The Morgan fingerprint density at radius 1 is 1.15 bits per heavy atom. The highest BCUT2D eigenvalue weighted by molar-refractivity contribution is 4.96. The molecule has 76 valence electrons.